The van der Waals surface area contributed by atoms with Gasteiger partial charge in [-0.3, -0.25) is 4.79 Å². The van der Waals surface area contributed by atoms with Gasteiger partial charge < -0.3 is 10.0 Å². The van der Waals surface area contributed by atoms with Gasteiger partial charge in [0.05, 0.1) is 23.1 Å². The standard InChI is InChI=1S/C13H16N4O2/c1-8-5-12-14-6-11(9(2)17(12)15-8)13(19)16-4-3-10(18)7-16/h5-6,10,18H,3-4,7H2,1-2H3/t10-/m0/s1. The molecule has 100 valence electrons. The number of hydrogen-bond acceptors (Lipinski definition) is 4. The fourth-order valence-corrected chi connectivity index (χ4v) is 2.47. The first-order valence-corrected chi connectivity index (χ1v) is 6.35. The summed E-state index contributed by atoms with van der Waals surface area (Å²) in [5.74, 6) is -0.0865. The first kappa shape index (κ1) is 12.1. The molecule has 0 aliphatic carbocycles. The third-order valence-electron chi connectivity index (χ3n) is 3.53. The Balaban J connectivity index is 2.00. The second-order valence-electron chi connectivity index (χ2n) is 5.01. The number of aliphatic hydroxyl groups excluding tert-OH is 1. The zero-order valence-electron chi connectivity index (χ0n) is 11.0. The molecule has 3 heterocycles. The summed E-state index contributed by atoms with van der Waals surface area (Å²) in [4.78, 5) is 18.3. The summed E-state index contributed by atoms with van der Waals surface area (Å²) in [5, 5.41) is 13.8. The minimum Gasteiger partial charge on any atom is -0.391 e. The summed E-state index contributed by atoms with van der Waals surface area (Å²) in [6.45, 7) is 4.75. The van der Waals surface area contributed by atoms with E-state index in [1.807, 2.05) is 19.9 Å². The molecule has 6 heteroatoms. The molecule has 0 spiro atoms. The van der Waals surface area contributed by atoms with Crippen molar-refractivity contribution in [2.45, 2.75) is 26.4 Å². The molecule has 2 aromatic heterocycles. The van der Waals surface area contributed by atoms with Gasteiger partial charge in [-0.1, -0.05) is 0 Å². The first-order chi connectivity index (χ1) is 9.06. The van der Waals surface area contributed by atoms with E-state index in [-0.39, 0.29) is 5.91 Å². The Kier molecular flexibility index (Phi) is 2.74. The smallest absolute Gasteiger partial charge is 0.257 e. The van der Waals surface area contributed by atoms with E-state index in [2.05, 4.69) is 10.1 Å². The molecular formula is C13H16N4O2. The van der Waals surface area contributed by atoms with Gasteiger partial charge in [0.25, 0.3) is 5.91 Å². The summed E-state index contributed by atoms with van der Waals surface area (Å²) in [5.41, 5.74) is 2.94. The van der Waals surface area contributed by atoms with Crippen molar-refractivity contribution in [3.8, 4) is 0 Å². The van der Waals surface area contributed by atoms with Crippen LogP contribution < -0.4 is 0 Å². The maximum absolute atomic E-state index is 12.4. The average Bonchev–Trinajstić information content (AvgIpc) is 2.95. The molecule has 3 rings (SSSR count). The zero-order valence-corrected chi connectivity index (χ0v) is 11.0. The molecule has 1 N–H and O–H groups in total. The molecule has 0 saturated carbocycles. The molecule has 0 aromatic carbocycles. The number of aliphatic hydroxyl groups is 1. The molecule has 0 radical (unpaired) electrons. The lowest BCUT2D eigenvalue weighted by Gasteiger charge is -2.16. The van der Waals surface area contributed by atoms with E-state index >= 15 is 0 Å². The van der Waals surface area contributed by atoms with Gasteiger partial charge >= 0.3 is 0 Å². The van der Waals surface area contributed by atoms with Crippen LogP contribution in [-0.4, -0.2) is 49.7 Å². The van der Waals surface area contributed by atoms with Gasteiger partial charge in [0, 0.05) is 25.4 Å². The minimum absolute atomic E-state index is 0.0865. The summed E-state index contributed by atoms with van der Waals surface area (Å²) >= 11 is 0. The van der Waals surface area contributed by atoms with Crippen LogP contribution in [0.25, 0.3) is 5.65 Å². The van der Waals surface area contributed by atoms with E-state index in [1.54, 1.807) is 15.6 Å². The van der Waals surface area contributed by atoms with Crippen LogP contribution in [0.2, 0.25) is 0 Å². The number of aryl methyl sites for hydroxylation is 2. The summed E-state index contributed by atoms with van der Waals surface area (Å²) in [6.07, 6.45) is 1.83. The number of amides is 1. The van der Waals surface area contributed by atoms with Crippen molar-refractivity contribution in [2.24, 2.45) is 0 Å². The highest BCUT2D eigenvalue weighted by molar-refractivity contribution is 5.95. The molecule has 1 fully saturated rings. The number of rotatable bonds is 1. The Bertz CT molecular complexity index is 649. The predicted octanol–water partition coefficient (Wildman–Crippen LogP) is 0.553. The Hall–Kier alpha value is -1.95. The lowest BCUT2D eigenvalue weighted by atomic mass is 10.2. The number of carbonyl (C=O) groups is 1. The lowest BCUT2D eigenvalue weighted by molar-refractivity contribution is 0.0763. The van der Waals surface area contributed by atoms with E-state index in [0.717, 1.165) is 17.0 Å². The molecule has 1 atom stereocenters. The van der Waals surface area contributed by atoms with Crippen LogP contribution in [-0.2, 0) is 0 Å². The monoisotopic (exact) mass is 260 g/mol. The maximum Gasteiger partial charge on any atom is 0.257 e. The molecule has 1 aliphatic heterocycles. The Morgan fingerprint density at radius 3 is 2.95 bits per heavy atom. The van der Waals surface area contributed by atoms with E-state index in [4.69, 9.17) is 0 Å². The molecule has 1 amide bonds. The molecule has 0 unspecified atom stereocenters. The van der Waals surface area contributed by atoms with Crippen molar-refractivity contribution in [1.82, 2.24) is 19.5 Å². The fourth-order valence-electron chi connectivity index (χ4n) is 2.47. The lowest BCUT2D eigenvalue weighted by Crippen LogP contribution is -2.30. The highest BCUT2D eigenvalue weighted by Gasteiger charge is 2.27. The first-order valence-electron chi connectivity index (χ1n) is 6.35. The largest absolute Gasteiger partial charge is 0.391 e. The number of likely N-dealkylation sites (tertiary alicyclic amines) is 1. The van der Waals surface area contributed by atoms with Gasteiger partial charge in [-0.25, -0.2) is 9.50 Å². The highest BCUT2D eigenvalue weighted by atomic mass is 16.3. The Morgan fingerprint density at radius 2 is 2.26 bits per heavy atom. The van der Waals surface area contributed by atoms with Crippen molar-refractivity contribution >= 4 is 11.6 Å². The summed E-state index contributed by atoms with van der Waals surface area (Å²) < 4.78 is 1.69. The van der Waals surface area contributed by atoms with Gasteiger partial charge in [0.15, 0.2) is 5.65 Å². The van der Waals surface area contributed by atoms with E-state index < -0.39 is 6.10 Å². The van der Waals surface area contributed by atoms with Crippen LogP contribution in [0.5, 0.6) is 0 Å². The van der Waals surface area contributed by atoms with Gasteiger partial charge in [-0.2, -0.15) is 5.10 Å². The quantitative estimate of drug-likeness (QED) is 0.813. The minimum atomic E-state index is -0.409. The van der Waals surface area contributed by atoms with E-state index in [1.165, 1.54) is 0 Å². The Labute approximate surface area is 110 Å². The molecule has 1 aliphatic rings. The van der Waals surface area contributed by atoms with Crippen LogP contribution in [0.3, 0.4) is 0 Å². The summed E-state index contributed by atoms with van der Waals surface area (Å²) in [7, 11) is 0. The second kappa shape index (κ2) is 4.31. The van der Waals surface area contributed by atoms with E-state index in [0.29, 0.717) is 25.1 Å². The van der Waals surface area contributed by atoms with Gasteiger partial charge in [0.1, 0.15) is 0 Å². The molecule has 6 nitrogen and oxygen atoms in total. The highest BCUT2D eigenvalue weighted by Crippen LogP contribution is 2.17. The maximum atomic E-state index is 12.4. The Morgan fingerprint density at radius 1 is 1.47 bits per heavy atom. The normalized spacial score (nSPS) is 19.3. The SMILES string of the molecule is Cc1cc2ncc(C(=O)N3CC[C@H](O)C3)c(C)n2n1. The van der Waals surface area contributed by atoms with Gasteiger partial charge in [-0.05, 0) is 20.3 Å². The second-order valence-corrected chi connectivity index (χ2v) is 5.01. The van der Waals surface area contributed by atoms with Crippen LogP contribution in [0.15, 0.2) is 12.3 Å². The molecule has 0 bridgehead atoms. The zero-order chi connectivity index (χ0) is 13.6. The molecular weight excluding hydrogens is 244 g/mol. The average molecular weight is 260 g/mol. The van der Waals surface area contributed by atoms with Crippen LogP contribution >= 0.6 is 0 Å². The number of β-amino-alcohol motifs (C(OH)–C–C–N with tert-alkyl or cyclic N) is 1. The van der Waals surface area contributed by atoms with E-state index in [9.17, 15) is 9.90 Å². The number of hydrogen-bond donors (Lipinski definition) is 1. The number of nitrogens with zero attached hydrogens (tertiary/aromatic N) is 4. The summed E-state index contributed by atoms with van der Waals surface area (Å²) in [6, 6.07) is 1.88. The van der Waals surface area contributed by atoms with Gasteiger partial charge in [0.2, 0.25) is 0 Å². The molecule has 2 aromatic rings. The number of fused-ring (bicyclic) bond motifs is 1. The topological polar surface area (TPSA) is 70.7 Å². The predicted molar refractivity (Wildman–Crippen MR) is 69.0 cm³/mol. The van der Waals surface area contributed by atoms with Crippen molar-refractivity contribution in [2.75, 3.05) is 13.1 Å². The van der Waals surface area contributed by atoms with Crippen molar-refractivity contribution in [1.29, 1.82) is 0 Å². The number of carbonyl (C=O) groups excluding carboxylic acids is 1. The van der Waals surface area contributed by atoms with Crippen LogP contribution in [0.4, 0.5) is 0 Å². The third-order valence-corrected chi connectivity index (χ3v) is 3.53. The van der Waals surface area contributed by atoms with Crippen molar-refractivity contribution in [3.63, 3.8) is 0 Å². The molecule has 1 saturated heterocycles. The van der Waals surface area contributed by atoms with Crippen molar-refractivity contribution in [3.05, 3.63) is 29.2 Å². The molecule has 19 heavy (non-hydrogen) atoms. The van der Waals surface area contributed by atoms with Crippen molar-refractivity contribution < 1.29 is 9.90 Å². The van der Waals surface area contributed by atoms with Gasteiger partial charge in [-0.15, -0.1) is 0 Å². The number of aromatic nitrogens is 3. The van der Waals surface area contributed by atoms with Crippen LogP contribution in [0, 0.1) is 13.8 Å². The van der Waals surface area contributed by atoms with Crippen LogP contribution in [0.1, 0.15) is 28.2 Å². The fraction of sp³-hybridized carbons (Fsp3) is 0.462. The third kappa shape index (κ3) is 1.98.